The molecule has 4 rings (SSSR count). The second-order valence-electron chi connectivity index (χ2n) is 5.65. The number of thiazole rings is 1. The summed E-state index contributed by atoms with van der Waals surface area (Å²) in [6.07, 6.45) is 0. The molecule has 0 spiro atoms. The van der Waals surface area contributed by atoms with Gasteiger partial charge in [0.1, 0.15) is 27.9 Å². The van der Waals surface area contributed by atoms with E-state index in [4.69, 9.17) is 0 Å². The van der Waals surface area contributed by atoms with Crippen LogP contribution >= 0.6 is 23.1 Å². The molecule has 0 N–H and O–H groups in total. The first-order chi connectivity index (χ1) is 12.6. The first-order valence-electron chi connectivity index (χ1n) is 7.88. The highest BCUT2D eigenvalue weighted by Crippen LogP contribution is 2.36. The summed E-state index contributed by atoms with van der Waals surface area (Å²) in [5, 5.41) is 10.2. The average molecular weight is 385 g/mol. The predicted octanol–water partition coefficient (Wildman–Crippen LogP) is 5.63. The van der Waals surface area contributed by atoms with Crippen molar-refractivity contribution in [3.8, 4) is 11.3 Å². The third kappa shape index (κ3) is 3.32. The highest BCUT2D eigenvalue weighted by molar-refractivity contribution is 7.98. The Bertz CT molecular complexity index is 1080. The molecular weight excluding hydrogens is 372 g/mol. The molecule has 2 aromatic carbocycles. The van der Waals surface area contributed by atoms with Crippen LogP contribution in [0.5, 0.6) is 0 Å². The SMILES string of the molecule is Cc1nc2c(SCc3ccccc3F)nnc(-c3ccc(F)cc3)c2s1. The van der Waals surface area contributed by atoms with Gasteiger partial charge in [0.15, 0.2) is 0 Å². The molecular formula is C19H13F2N3S2. The summed E-state index contributed by atoms with van der Waals surface area (Å²) in [5.41, 5.74) is 2.84. The molecule has 7 heteroatoms. The van der Waals surface area contributed by atoms with Gasteiger partial charge in [-0.1, -0.05) is 30.0 Å². The Morgan fingerprint density at radius 2 is 1.77 bits per heavy atom. The first kappa shape index (κ1) is 17.1. The molecule has 3 nitrogen and oxygen atoms in total. The zero-order chi connectivity index (χ0) is 18.1. The molecule has 130 valence electrons. The van der Waals surface area contributed by atoms with E-state index in [9.17, 15) is 8.78 Å². The van der Waals surface area contributed by atoms with Gasteiger partial charge in [0, 0.05) is 11.3 Å². The molecule has 0 saturated carbocycles. The van der Waals surface area contributed by atoms with Gasteiger partial charge < -0.3 is 0 Å². The number of aromatic nitrogens is 3. The van der Waals surface area contributed by atoms with Crippen molar-refractivity contribution < 1.29 is 8.78 Å². The number of nitrogens with zero attached hydrogens (tertiary/aromatic N) is 3. The highest BCUT2D eigenvalue weighted by atomic mass is 32.2. The lowest BCUT2D eigenvalue weighted by atomic mass is 10.1. The third-order valence-electron chi connectivity index (χ3n) is 3.83. The van der Waals surface area contributed by atoms with Crippen LogP contribution in [0.15, 0.2) is 53.6 Å². The number of benzene rings is 2. The molecule has 4 aromatic rings. The van der Waals surface area contributed by atoms with Crippen LogP contribution < -0.4 is 0 Å². The van der Waals surface area contributed by atoms with Crippen LogP contribution in [0.25, 0.3) is 21.5 Å². The minimum atomic E-state index is -0.296. The van der Waals surface area contributed by atoms with Crippen molar-refractivity contribution in [3.05, 3.63) is 70.7 Å². The summed E-state index contributed by atoms with van der Waals surface area (Å²) in [7, 11) is 0. The van der Waals surface area contributed by atoms with Crippen LogP contribution in [-0.4, -0.2) is 15.2 Å². The number of rotatable bonds is 4. The summed E-state index contributed by atoms with van der Waals surface area (Å²) >= 11 is 2.93. The highest BCUT2D eigenvalue weighted by Gasteiger charge is 2.16. The fourth-order valence-corrected chi connectivity index (χ4v) is 4.48. The van der Waals surface area contributed by atoms with E-state index in [0.717, 1.165) is 20.8 Å². The van der Waals surface area contributed by atoms with Crippen molar-refractivity contribution in [3.63, 3.8) is 0 Å². The van der Waals surface area contributed by atoms with Crippen molar-refractivity contribution in [2.75, 3.05) is 0 Å². The standard InChI is InChI=1S/C19H13F2N3S2/c1-11-22-17-18(26-11)16(12-6-8-14(20)9-7-12)23-24-19(17)25-10-13-4-2-3-5-15(13)21/h2-9H,10H2,1H3. The molecule has 0 aliphatic carbocycles. The van der Waals surface area contributed by atoms with Gasteiger partial charge in [-0.25, -0.2) is 13.8 Å². The van der Waals surface area contributed by atoms with E-state index < -0.39 is 0 Å². The lowest BCUT2D eigenvalue weighted by Crippen LogP contribution is -1.94. The van der Waals surface area contributed by atoms with Crippen molar-refractivity contribution in [1.82, 2.24) is 15.2 Å². The quantitative estimate of drug-likeness (QED) is 0.427. The van der Waals surface area contributed by atoms with Gasteiger partial charge >= 0.3 is 0 Å². The molecule has 0 unspecified atom stereocenters. The maximum Gasteiger partial charge on any atom is 0.146 e. The maximum absolute atomic E-state index is 13.8. The van der Waals surface area contributed by atoms with Crippen LogP contribution in [0, 0.1) is 18.6 Å². The van der Waals surface area contributed by atoms with Crippen molar-refractivity contribution in [1.29, 1.82) is 0 Å². The number of hydrogen-bond donors (Lipinski definition) is 0. The number of thioether (sulfide) groups is 1. The van der Waals surface area contributed by atoms with Gasteiger partial charge in [-0.05, 0) is 42.8 Å². The van der Waals surface area contributed by atoms with E-state index in [-0.39, 0.29) is 11.6 Å². The monoisotopic (exact) mass is 385 g/mol. The summed E-state index contributed by atoms with van der Waals surface area (Å²) in [5.74, 6) is -0.0831. The second-order valence-corrected chi connectivity index (χ2v) is 7.82. The van der Waals surface area contributed by atoms with Crippen LogP contribution in [0.3, 0.4) is 0 Å². The Morgan fingerprint density at radius 3 is 2.54 bits per heavy atom. The molecule has 0 aliphatic rings. The molecule has 0 saturated heterocycles. The summed E-state index contributed by atoms with van der Waals surface area (Å²) in [6, 6.07) is 12.8. The van der Waals surface area contributed by atoms with Gasteiger partial charge in [-0.3, -0.25) is 0 Å². The maximum atomic E-state index is 13.8. The molecule has 26 heavy (non-hydrogen) atoms. The lowest BCUT2D eigenvalue weighted by Gasteiger charge is -2.06. The van der Waals surface area contributed by atoms with E-state index in [1.807, 2.05) is 13.0 Å². The zero-order valence-electron chi connectivity index (χ0n) is 13.7. The minimum absolute atomic E-state index is 0.235. The topological polar surface area (TPSA) is 38.7 Å². The summed E-state index contributed by atoms with van der Waals surface area (Å²) in [4.78, 5) is 4.58. The average Bonchev–Trinajstić information content (AvgIpc) is 3.03. The Labute approximate surface area is 157 Å². The summed E-state index contributed by atoms with van der Waals surface area (Å²) < 4.78 is 27.9. The van der Waals surface area contributed by atoms with Gasteiger partial charge in [-0.15, -0.1) is 21.5 Å². The number of aryl methyl sites for hydroxylation is 1. The van der Waals surface area contributed by atoms with E-state index in [2.05, 4.69) is 15.2 Å². The largest absolute Gasteiger partial charge is 0.238 e. The van der Waals surface area contributed by atoms with Crippen LogP contribution in [-0.2, 0) is 5.75 Å². The molecule has 0 radical (unpaired) electrons. The van der Waals surface area contributed by atoms with Gasteiger partial charge in [-0.2, -0.15) is 0 Å². The van der Waals surface area contributed by atoms with Gasteiger partial charge in [0.25, 0.3) is 0 Å². The van der Waals surface area contributed by atoms with Crippen LogP contribution in [0.1, 0.15) is 10.6 Å². The van der Waals surface area contributed by atoms with E-state index in [1.165, 1.54) is 41.3 Å². The molecule has 0 atom stereocenters. The van der Waals surface area contributed by atoms with Crippen LogP contribution in [0.4, 0.5) is 8.78 Å². The Balaban J connectivity index is 1.72. The molecule has 2 aromatic heterocycles. The zero-order valence-corrected chi connectivity index (χ0v) is 15.4. The summed E-state index contributed by atoms with van der Waals surface area (Å²) in [6.45, 7) is 1.92. The van der Waals surface area contributed by atoms with E-state index >= 15 is 0 Å². The van der Waals surface area contributed by atoms with Crippen molar-refractivity contribution in [2.45, 2.75) is 17.7 Å². The Morgan fingerprint density at radius 1 is 1.00 bits per heavy atom. The fourth-order valence-electron chi connectivity index (χ4n) is 2.58. The molecule has 0 aliphatic heterocycles. The normalized spacial score (nSPS) is 11.2. The van der Waals surface area contributed by atoms with Gasteiger partial charge in [0.2, 0.25) is 0 Å². The number of fused-ring (bicyclic) bond motifs is 1. The van der Waals surface area contributed by atoms with Crippen molar-refractivity contribution in [2.24, 2.45) is 0 Å². The van der Waals surface area contributed by atoms with E-state index in [0.29, 0.717) is 22.0 Å². The third-order valence-corrected chi connectivity index (χ3v) is 5.81. The molecule has 2 heterocycles. The Hall–Kier alpha value is -2.38. The number of hydrogen-bond acceptors (Lipinski definition) is 5. The molecule has 0 bridgehead atoms. The van der Waals surface area contributed by atoms with E-state index in [1.54, 1.807) is 24.3 Å². The number of halogens is 2. The minimum Gasteiger partial charge on any atom is -0.238 e. The second kappa shape index (κ2) is 7.09. The smallest absolute Gasteiger partial charge is 0.146 e. The van der Waals surface area contributed by atoms with Crippen molar-refractivity contribution >= 4 is 33.3 Å². The fraction of sp³-hybridized carbons (Fsp3) is 0.105. The Kier molecular flexibility index (Phi) is 4.65. The predicted molar refractivity (Wildman–Crippen MR) is 101 cm³/mol. The first-order valence-corrected chi connectivity index (χ1v) is 9.68. The van der Waals surface area contributed by atoms with Crippen LogP contribution in [0.2, 0.25) is 0 Å². The van der Waals surface area contributed by atoms with Gasteiger partial charge in [0.05, 0.1) is 9.71 Å². The molecule has 0 amide bonds. The lowest BCUT2D eigenvalue weighted by molar-refractivity contribution is 0.617. The molecule has 0 fully saturated rings.